The number of carboxylic acid groups (broad SMARTS) is 1. The van der Waals surface area contributed by atoms with Crippen molar-refractivity contribution in [1.82, 2.24) is 4.98 Å². The van der Waals surface area contributed by atoms with Crippen molar-refractivity contribution in [2.24, 2.45) is 0 Å². The lowest BCUT2D eigenvalue weighted by molar-refractivity contribution is -0.153. The number of aliphatic carboxylic acids is 1. The Kier molecular flexibility index (Phi) is 3.23. The molecule has 0 amide bonds. The molecule has 5 N–H and O–H groups in total. The summed E-state index contributed by atoms with van der Waals surface area (Å²) in [5, 5.41) is 27.0. The Balaban J connectivity index is 2.96. The number of nitrogens with two attached hydrogens (primary N) is 1. The average Bonchev–Trinajstić information content (AvgIpc) is 2.19. The normalized spacial score (nSPS) is 14.6. The van der Waals surface area contributed by atoms with E-state index in [4.69, 9.17) is 15.9 Å². The summed E-state index contributed by atoms with van der Waals surface area (Å²) in [5.74, 6) is -1.50. The second-order valence-electron chi connectivity index (χ2n) is 3.19. The molecule has 1 aromatic rings. The van der Waals surface area contributed by atoms with Crippen molar-refractivity contribution in [2.75, 3.05) is 5.73 Å². The summed E-state index contributed by atoms with van der Waals surface area (Å²) < 4.78 is 0. The van der Waals surface area contributed by atoms with E-state index in [2.05, 4.69) is 4.98 Å². The van der Waals surface area contributed by atoms with Crippen LogP contribution in [0.25, 0.3) is 0 Å². The molecule has 0 saturated heterocycles. The summed E-state index contributed by atoms with van der Waals surface area (Å²) in [6.07, 6.45) is -2.13. The largest absolute Gasteiger partial charge is 0.479 e. The molecule has 0 fully saturated rings. The van der Waals surface area contributed by atoms with Crippen molar-refractivity contribution < 1.29 is 20.1 Å². The van der Waals surface area contributed by atoms with Crippen LogP contribution in [0.3, 0.4) is 0 Å². The standard InChI is InChI=1S/C9H12N2O4/c1-4-2-6(11-3-5(4)10)7(12)8(13)9(14)15/h2-3,7-8,12-13H,10H2,1H3,(H,14,15). The first-order chi connectivity index (χ1) is 6.93. The fraction of sp³-hybridized carbons (Fsp3) is 0.333. The van der Waals surface area contributed by atoms with E-state index in [1.165, 1.54) is 12.3 Å². The van der Waals surface area contributed by atoms with Gasteiger partial charge in [0.15, 0.2) is 6.10 Å². The summed E-state index contributed by atoms with van der Waals surface area (Å²) in [6.45, 7) is 1.69. The molecule has 2 unspecified atom stereocenters. The van der Waals surface area contributed by atoms with Gasteiger partial charge in [0.25, 0.3) is 0 Å². The number of nitrogen functional groups attached to an aromatic ring is 1. The number of carboxylic acids is 1. The maximum Gasteiger partial charge on any atom is 0.335 e. The van der Waals surface area contributed by atoms with E-state index >= 15 is 0 Å². The minimum atomic E-state index is -1.89. The molecule has 0 aliphatic carbocycles. The zero-order chi connectivity index (χ0) is 11.6. The van der Waals surface area contributed by atoms with Crippen molar-refractivity contribution in [3.05, 3.63) is 23.5 Å². The van der Waals surface area contributed by atoms with Crippen molar-refractivity contribution in [3.8, 4) is 0 Å². The first-order valence-corrected chi connectivity index (χ1v) is 4.24. The van der Waals surface area contributed by atoms with Gasteiger partial charge in [-0.2, -0.15) is 0 Å². The molecule has 2 atom stereocenters. The van der Waals surface area contributed by atoms with E-state index in [1.807, 2.05) is 0 Å². The lowest BCUT2D eigenvalue weighted by atomic mass is 10.1. The maximum absolute atomic E-state index is 10.4. The van der Waals surface area contributed by atoms with E-state index in [9.17, 15) is 9.90 Å². The number of hydrogen-bond acceptors (Lipinski definition) is 5. The second-order valence-corrected chi connectivity index (χ2v) is 3.19. The van der Waals surface area contributed by atoms with Gasteiger partial charge in [-0.1, -0.05) is 0 Å². The van der Waals surface area contributed by atoms with Crippen molar-refractivity contribution in [1.29, 1.82) is 0 Å². The Morgan fingerprint density at radius 1 is 1.53 bits per heavy atom. The number of nitrogens with zero attached hydrogens (tertiary/aromatic N) is 1. The van der Waals surface area contributed by atoms with Crippen molar-refractivity contribution >= 4 is 11.7 Å². The van der Waals surface area contributed by atoms with Gasteiger partial charge < -0.3 is 21.1 Å². The number of carbonyl (C=O) groups is 1. The quantitative estimate of drug-likeness (QED) is 0.534. The molecule has 0 radical (unpaired) electrons. The van der Waals surface area contributed by atoms with Crippen LogP contribution in [0.5, 0.6) is 0 Å². The molecule has 0 saturated carbocycles. The first kappa shape index (κ1) is 11.4. The lowest BCUT2D eigenvalue weighted by Crippen LogP contribution is -2.28. The zero-order valence-corrected chi connectivity index (χ0v) is 8.08. The molecule has 0 bridgehead atoms. The van der Waals surface area contributed by atoms with Gasteiger partial charge in [0.2, 0.25) is 0 Å². The van der Waals surface area contributed by atoms with Crippen LogP contribution in [-0.4, -0.2) is 32.4 Å². The third-order valence-corrected chi connectivity index (χ3v) is 2.03. The van der Waals surface area contributed by atoms with Gasteiger partial charge in [-0.05, 0) is 18.6 Å². The van der Waals surface area contributed by atoms with Crippen molar-refractivity contribution in [3.63, 3.8) is 0 Å². The van der Waals surface area contributed by atoms with Gasteiger partial charge in [-0.25, -0.2) is 4.79 Å². The number of aliphatic hydroxyl groups excluding tert-OH is 2. The van der Waals surface area contributed by atoms with Crippen LogP contribution in [0.4, 0.5) is 5.69 Å². The number of rotatable bonds is 3. The molecule has 0 aliphatic rings. The van der Waals surface area contributed by atoms with Gasteiger partial charge in [-0.3, -0.25) is 4.98 Å². The minimum absolute atomic E-state index is 0.0802. The Labute approximate surface area is 86.0 Å². The number of pyridine rings is 1. The maximum atomic E-state index is 10.4. The summed E-state index contributed by atoms with van der Waals surface area (Å²) in [6, 6.07) is 1.44. The molecule has 15 heavy (non-hydrogen) atoms. The molecule has 0 spiro atoms. The van der Waals surface area contributed by atoms with Gasteiger partial charge >= 0.3 is 5.97 Å². The second kappa shape index (κ2) is 4.24. The smallest absolute Gasteiger partial charge is 0.335 e. The van der Waals surface area contributed by atoms with E-state index in [0.717, 1.165) is 0 Å². The highest BCUT2D eigenvalue weighted by Gasteiger charge is 2.26. The molecule has 1 aromatic heterocycles. The Hall–Kier alpha value is -1.66. The molecule has 1 rings (SSSR count). The van der Waals surface area contributed by atoms with Gasteiger partial charge in [-0.15, -0.1) is 0 Å². The molecule has 6 nitrogen and oxygen atoms in total. The Morgan fingerprint density at radius 2 is 2.13 bits per heavy atom. The third kappa shape index (κ3) is 2.42. The van der Waals surface area contributed by atoms with E-state index in [-0.39, 0.29) is 5.69 Å². The van der Waals surface area contributed by atoms with Crippen LogP contribution in [-0.2, 0) is 4.79 Å². The first-order valence-electron chi connectivity index (χ1n) is 4.24. The molecular formula is C9H12N2O4. The molecule has 6 heteroatoms. The average molecular weight is 212 g/mol. The summed E-state index contributed by atoms with van der Waals surface area (Å²) in [7, 11) is 0. The summed E-state index contributed by atoms with van der Waals surface area (Å²) in [4.78, 5) is 14.1. The number of aliphatic hydroxyl groups is 2. The third-order valence-electron chi connectivity index (χ3n) is 2.03. The molecule has 0 aliphatic heterocycles. The highest BCUT2D eigenvalue weighted by molar-refractivity contribution is 5.73. The highest BCUT2D eigenvalue weighted by Crippen LogP contribution is 2.18. The van der Waals surface area contributed by atoms with Gasteiger partial charge in [0.1, 0.15) is 6.10 Å². The topological polar surface area (TPSA) is 117 Å². The highest BCUT2D eigenvalue weighted by atomic mass is 16.4. The SMILES string of the molecule is Cc1cc(C(O)C(O)C(=O)O)ncc1N. The lowest BCUT2D eigenvalue weighted by Gasteiger charge is -2.14. The fourth-order valence-corrected chi connectivity index (χ4v) is 1.05. The van der Waals surface area contributed by atoms with Crippen LogP contribution in [0.2, 0.25) is 0 Å². The monoisotopic (exact) mass is 212 g/mol. The van der Waals surface area contributed by atoms with Gasteiger partial charge in [0.05, 0.1) is 17.6 Å². The molecule has 1 heterocycles. The van der Waals surface area contributed by atoms with Crippen LogP contribution in [0, 0.1) is 6.92 Å². The van der Waals surface area contributed by atoms with E-state index in [0.29, 0.717) is 11.3 Å². The Bertz CT molecular complexity index is 380. The summed E-state index contributed by atoms with van der Waals surface area (Å²) >= 11 is 0. The fourth-order valence-electron chi connectivity index (χ4n) is 1.05. The van der Waals surface area contributed by atoms with Crippen LogP contribution < -0.4 is 5.73 Å². The van der Waals surface area contributed by atoms with E-state index in [1.54, 1.807) is 6.92 Å². The predicted molar refractivity (Wildman–Crippen MR) is 52.0 cm³/mol. The number of anilines is 1. The number of hydrogen-bond donors (Lipinski definition) is 4. The van der Waals surface area contributed by atoms with Crippen LogP contribution >= 0.6 is 0 Å². The minimum Gasteiger partial charge on any atom is -0.479 e. The van der Waals surface area contributed by atoms with E-state index < -0.39 is 18.2 Å². The number of aromatic nitrogens is 1. The molecular weight excluding hydrogens is 200 g/mol. The van der Waals surface area contributed by atoms with Crippen LogP contribution in [0.15, 0.2) is 12.3 Å². The summed E-state index contributed by atoms with van der Waals surface area (Å²) in [5.41, 5.74) is 6.69. The molecule has 82 valence electrons. The Morgan fingerprint density at radius 3 is 2.60 bits per heavy atom. The van der Waals surface area contributed by atoms with Crippen LogP contribution in [0.1, 0.15) is 17.4 Å². The zero-order valence-electron chi connectivity index (χ0n) is 8.08. The van der Waals surface area contributed by atoms with Crippen molar-refractivity contribution in [2.45, 2.75) is 19.1 Å². The number of aryl methyl sites for hydroxylation is 1. The van der Waals surface area contributed by atoms with Gasteiger partial charge in [0, 0.05) is 0 Å². The predicted octanol–water partition coefficient (Wildman–Crippen LogP) is -0.549. The molecule has 0 aromatic carbocycles.